The molecule has 0 aromatic rings. The fourth-order valence-corrected chi connectivity index (χ4v) is 0.698. The quantitative estimate of drug-likeness (QED) is 0.282. The van der Waals surface area contributed by atoms with Crippen molar-refractivity contribution in [3.05, 3.63) is 5.32 Å². The summed E-state index contributed by atoms with van der Waals surface area (Å²) in [5.41, 5.74) is 0. The molecule has 0 unspecified atom stereocenters. The molecular formula is C5F6LiNO2. The number of nitrogens with zero attached hydrogens (tertiary/aromatic N) is 1. The zero-order valence-corrected chi connectivity index (χ0v) is 7.03. The molecule has 1 rings (SSSR count). The Balaban J connectivity index is 0.00000196. The second kappa shape index (κ2) is 3.42. The largest absolute Gasteiger partial charge is 1.00 e. The Bertz CT molecular complexity index is 289. The van der Waals surface area contributed by atoms with Crippen molar-refractivity contribution in [2.75, 3.05) is 0 Å². The minimum Gasteiger partial charge on any atom is -0.585 e. The summed E-state index contributed by atoms with van der Waals surface area (Å²) in [6, 6.07) is 0. The van der Waals surface area contributed by atoms with Crippen molar-refractivity contribution < 1.29 is 54.8 Å². The molecule has 1 saturated heterocycles. The second-order valence-electron chi connectivity index (χ2n) is 2.45. The predicted molar refractivity (Wildman–Crippen MR) is 28.2 cm³/mol. The Kier molecular flexibility index (Phi) is 3.26. The van der Waals surface area contributed by atoms with E-state index in [-0.39, 0.29) is 18.9 Å². The van der Waals surface area contributed by atoms with E-state index in [0.717, 1.165) is 0 Å². The molecule has 15 heavy (non-hydrogen) atoms. The zero-order chi connectivity index (χ0) is 11.4. The zero-order valence-electron chi connectivity index (χ0n) is 7.03. The molecule has 0 spiro atoms. The molecule has 10 heteroatoms. The average Bonchev–Trinajstić information content (AvgIpc) is 2.01. The first-order chi connectivity index (χ1) is 6.05. The number of piperidine rings is 1. The van der Waals surface area contributed by atoms with E-state index in [1.54, 1.807) is 5.32 Å². The summed E-state index contributed by atoms with van der Waals surface area (Å²) >= 11 is 0. The second-order valence-corrected chi connectivity index (χ2v) is 2.45. The van der Waals surface area contributed by atoms with Gasteiger partial charge in [-0.05, 0) is 0 Å². The van der Waals surface area contributed by atoms with E-state index in [4.69, 9.17) is 0 Å². The van der Waals surface area contributed by atoms with Crippen LogP contribution in [0.5, 0.6) is 0 Å². The van der Waals surface area contributed by atoms with Crippen LogP contribution in [0, 0.1) is 0 Å². The summed E-state index contributed by atoms with van der Waals surface area (Å²) in [7, 11) is 0. The number of alkyl halides is 6. The minimum atomic E-state index is -6.05. The summed E-state index contributed by atoms with van der Waals surface area (Å²) in [5, 5.41) is 1.63. The van der Waals surface area contributed by atoms with Crippen molar-refractivity contribution >= 4 is 11.8 Å². The van der Waals surface area contributed by atoms with Crippen molar-refractivity contribution in [3.8, 4) is 0 Å². The summed E-state index contributed by atoms with van der Waals surface area (Å²) in [6.07, 6.45) is 0. The Morgan fingerprint density at radius 3 is 1.33 bits per heavy atom. The van der Waals surface area contributed by atoms with E-state index < -0.39 is 29.6 Å². The molecule has 1 fully saturated rings. The fraction of sp³-hybridized carbons (Fsp3) is 0.600. The summed E-state index contributed by atoms with van der Waals surface area (Å²) in [5.74, 6) is -23.1. The van der Waals surface area contributed by atoms with E-state index >= 15 is 0 Å². The van der Waals surface area contributed by atoms with Crippen LogP contribution in [0.2, 0.25) is 0 Å². The maximum absolute atomic E-state index is 12.3. The summed E-state index contributed by atoms with van der Waals surface area (Å²) in [6.45, 7) is 0. The first-order valence-corrected chi connectivity index (χ1v) is 2.99. The number of carbonyl (C=O) groups is 2. The number of amides is 2. The smallest absolute Gasteiger partial charge is 0.585 e. The van der Waals surface area contributed by atoms with Crippen molar-refractivity contribution in [1.29, 1.82) is 0 Å². The van der Waals surface area contributed by atoms with Gasteiger partial charge in [0.25, 0.3) is 0 Å². The summed E-state index contributed by atoms with van der Waals surface area (Å²) < 4.78 is 73.4. The molecule has 80 valence electrons. The van der Waals surface area contributed by atoms with E-state index in [1.807, 2.05) is 0 Å². The molecule has 2 amide bonds. The molecule has 1 heterocycles. The summed E-state index contributed by atoms with van der Waals surface area (Å²) in [4.78, 5) is 20.2. The molecule has 1 aliphatic heterocycles. The van der Waals surface area contributed by atoms with Crippen LogP contribution in [0.4, 0.5) is 26.3 Å². The van der Waals surface area contributed by atoms with E-state index in [2.05, 4.69) is 0 Å². The van der Waals surface area contributed by atoms with Crippen molar-refractivity contribution in [1.82, 2.24) is 0 Å². The third-order valence-electron chi connectivity index (χ3n) is 1.53. The van der Waals surface area contributed by atoms with Crippen LogP contribution in [-0.4, -0.2) is 29.6 Å². The maximum atomic E-state index is 12.3. The van der Waals surface area contributed by atoms with E-state index in [1.165, 1.54) is 0 Å². The van der Waals surface area contributed by atoms with Gasteiger partial charge < -0.3 is 14.9 Å². The van der Waals surface area contributed by atoms with Crippen LogP contribution < -0.4 is 18.9 Å². The van der Waals surface area contributed by atoms with Gasteiger partial charge in [0.1, 0.15) is 11.8 Å². The number of hydrogen-bond acceptors (Lipinski definition) is 2. The van der Waals surface area contributed by atoms with Crippen LogP contribution >= 0.6 is 0 Å². The molecule has 0 atom stereocenters. The van der Waals surface area contributed by atoms with Crippen LogP contribution in [0.1, 0.15) is 0 Å². The number of imide groups is 1. The minimum absolute atomic E-state index is 0. The van der Waals surface area contributed by atoms with Gasteiger partial charge in [-0.15, -0.1) is 0 Å². The van der Waals surface area contributed by atoms with Crippen molar-refractivity contribution in [3.63, 3.8) is 0 Å². The average molecular weight is 227 g/mol. The van der Waals surface area contributed by atoms with Crippen LogP contribution in [0.25, 0.3) is 5.32 Å². The van der Waals surface area contributed by atoms with E-state index in [0.29, 0.717) is 0 Å². The van der Waals surface area contributed by atoms with Gasteiger partial charge in [-0.1, -0.05) is 0 Å². The van der Waals surface area contributed by atoms with E-state index in [9.17, 15) is 35.9 Å². The monoisotopic (exact) mass is 227 g/mol. The molecule has 0 bridgehead atoms. The topological polar surface area (TPSA) is 48.2 Å². The Labute approximate surface area is 90.4 Å². The number of halogens is 6. The molecule has 0 aliphatic carbocycles. The van der Waals surface area contributed by atoms with Crippen LogP contribution in [-0.2, 0) is 9.59 Å². The molecule has 1 aliphatic rings. The Hall–Kier alpha value is -0.683. The molecule has 0 radical (unpaired) electrons. The maximum Gasteiger partial charge on any atom is 1.00 e. The van der Waals surface area contributed by atoms with Crippen LogP contribution in [0.15, 0.2) is 0 Å². The standard InChI is InChI=1S/C5HF6NO2.Li/c6-3(7)1(13)12-2(14)4(8,9)5(3,10)11;/h(H,12,13,14);/q;+1/p-1. The number of hydrogen-bond donors (Lipinski definition) is 0. The van der Waals surface area contributed by atoms with Gasteiger partial charge >= 0.3 is 36.6 Å². The van der Waals surface area contributed by atoms with Crippen molar-refractivity contribution in [2.45, 2.75) is 17.8 Å². The fourth-order valence-electron chi connectivity index (χ4n) is 0.698. The number of carbonyl (C=O) groups excluding carboxylic acids is 2. The molecule has 0 saturated carbocycles. The molecular weight excluding hydrogens is 227 g/mol. The first kappa shape index (κ1) is 14.3. The SMILES string of the molecule is O=C1[N-]C(=O)C(F)(F)C(F)(F)C1(F)F.[Li+]. The first-order valence-electron chi connectivity index (χ1n) is 2.99. The molecule has 3 nitrogen and oxygen atoms in total. The van der Waals surface area contributed by atoms with Gasteiger partial charge in [-0.3, -0.25) is 0 Å². The number of rotatable bonds is 0. The Morgan fingerprint density at radius 1 is 0.800 bits per heavy atom. The molecule has 0 aromatic heterocycles. The van der Waals surface area contributed by atoms with Gasteiger partial charge in [0, 0.05) is 0 Å². The predicted octanol–water partition coefficient (Wildman–Crippen LogP) is -1.66. The normalized spacial score (nSPS) is 26.5. The molecule has 0 N–H and O–H groups in total. The Morgan fingerprint density at radius 2 is 1.07 bits per heavy atom. The molecule has 0 aromatic carbocycles. The third-order valence-corrected chi connectivity index (χ3v) is 1.53. The van der Waals surface area contributed by atoms with Gasteiger partial charge in [0.05, 0.1) is 0 Å². The van der Waals surface area contributed by atoms with Gasteiger partial charge in [0.2, 0.25) is 0 Å². The van der Waals surface area contributed by atoms with Crippen molar-refractivity contribution in [2.24, 2.45) is 0 Å². The third kappa shape index (κ3) is 1.54. The van der Waals surface area contributed by atoms with Gasteiger partial charge in [-0.25, -0.2) is 0 Å². The van der Waals surface area contributed by atoms with Crippen LogP contribution in [0.3, 0.4) is 0 Å². The van der Waals surface area contributed by atoms with Gasteiger partial charge in [-0.2, -0.15) is 26.3 Å². The van der Waals surface area contributed by atoms with Gasteiger partial charge in [0.15, 0.2) is 0 Å².